The molecule has 5 rings (SSSR count). The minimum atomic E-state index is -5.08. The number of fused-ring (bicyclic) bond motifs is 3. The van der Waals surface area contributed by atoms with Gasteiger partial charge >= 0.3 is 12.3 Å². The number of cyclic esters (lactones) is 1. The van der Waals surface area contributed by atoms with Crippen molar-refractivity contribution < 1.29 is 67.8 Å². The summed E-state index contributed by atoms with van der Waals surface area (Å²) in [5.41, 5.74) is -7.13. The molecule has 2 bridgehead atoms. The van der Waals surface area contributed by atoms with E-state index in [2.05, 4.69) is 15.6 Å². The summed E-state index contributed by atoms with van der Waals surface area (Å²) in [6.07, 6.45) is -9.78. The molecule has 0 radical (unpaired) electrons. The molecule has 3 fully saturated rings. The Bertz CT molecular complexity index is 1920. The average Bonchev–Trinajstić information content (AvgIpc) is 3.98. The average molecular weight is 842 g/mol. The Morgan fingerprint density at radius 1 is 1.07 bits per heavy atom. The van der Waals surface area contributed by atoms with Crippen LogP contribution in [-0.4, -0.2) is 90.2 Å². The fourth-order valence-corrected chi connectivity index (χ4v) is 8.03. The Hall–Kier alpha value is -4.17. The molecule has 2 aliphatic carbocycles. The van der Waals surface area contributed by atoms with E-state index in [-0.39, 0.29) is 44.6 Å². The lowest BCUT2D eigenvalue weighted by Gasteiger charge is -2.35. The first-order valence-electron chi connectivity index (χ1n) is 18.2. The molecular weight excluding hydrogens is 795 g/mol. The molecule has 4 aliphatic rings. The first kappa shape index (κ1) is 43.9. The van der Waals surface area contributed by atoms with Crippen LogP contribution in [0.15, 0.2) is 24.4 Å². The van der Waals surface area contributed by atoms with Gasteiger partial charge in [-0.15, -0.1) is 0 Å². The smallest absolute Gasteiger partial charge is 0.417 e. The Labute approximate surface area is 324 Å². The standard InChI is InChI=1S/C36H46F7N5O8S/c1-31(2,3)24-28(50)48-17-20(14-23(48)26(49)46-34(15-22(34)25(37)38)29(51)47-57(53,54)33(6)11-12-33)56-27-21(13-19(16-44-27)36(41,42)43)35(39,40)10-8-7-9-32(4,5)18-55-30(52)45-24/h8,10,13,16,20,22-25H,7,9,11-12,14-15,17-18H2,1-6H3,(H,45,52)(H,46,49)(H,47,51)/b10-8+/t20?,22-,23-,24+,34?/m0/s1. The predicted molar refractivity (Wildman–Crippen MR) is 187 cm³/mol. The normalized spacial score (nSPS) is 29.4. The molecule has 2 saturated carbocycles. The van der Waals surface area contributed by atoms with Crippen LogP contribution in [-0.2, 0) is 41.2 Å². The number of alkyl carbamates (subject to hydrolysis) is 1. The first-order chi connectivity index (χ1) is 26.0. The van der Waals surface area contributed by atoms with Gasteiger partial charge in [0.1, 0.15) is 23.7 Å². The highest BCUT2D eigenvalue weighted by Gasteiger charge is 2.67. The third-order valence-corrected chi connectivity index (χ3v) is 13.0. The van der Waals surface area contributed by atoms with Crippen molar-refractivity contribution in [2.24, 2.45) is 16.7 Å². The Morgan fingerprint density at radius 2 is 1.72 bits per heavy atom. The SMILES string of the molecule is CC1(C)CC/C=C/C(F)(F)c2cc(C(F)(F)F)cnc2OC2C[C@@H](C(=O)NC3(C(=O)NS(=O)(=O)C4(C)CC4)C[C@H]3C(F)F)N(C2)C(=O)[C@H](C(C)(C)C)NC(=O)OC1. The maximum absolute atomic E-state index is 15.8. The highest BCUT2D eigenvalue weighted by molar-refractivity contribution is 7.91. The van der Waals surface area contributed by atoms with Crippen molar-refractivity contribution in [2.45, 2.75) is 127 Å². The van der Waals surface area contributed by atoms with Crippen LogP contribution in [0.3, 0.4) is 0 Å². The van der Waals surface area contributed by atoms with Crippen molar-refractivity contribution >= 4 is 33.8 Å². The van der Waals surface area contributed by atoms with Gasteiger partial charge in [-0.2, -0.15) is 22.0 Å². The number of pyridine rings is 1. The molecule has 13 nitrogen and oxygen atoms in total. The largest absolute Gasteiger partial charge is 0.472 e. The van der Waals surface area contributed by atoms with Crippen LogP contribution in [0.5, 0.6) is 5.88 Å². The lowest BCUT2D eigenvalue weighted by atomic mass is 9.85. The van der Waals surface area contributed by atoms with Crippen LogP contribution in [0, 0.1) is 16.7 Å². The zero-order valence-electron chi connectivity index (χ0n) is 32.1. The molecule has 21 heteroatoms. The Balaban J connectivity index is 1.55. The molecule has 1 aromatic rings. The lowest BCUT2D eigenvalue weighted by Crippen LogP contribution is -2.60. The Morgan fingerprint density at radius 3 is 2.28 bits per heavy atom. The molecule has 1 saturated heterocycles. The molecule has 3 N–H and O–H groups in total. The number of ether oxygens (including phenoxy) is 2. The van der Waals surface area contributed by atoms with Crippen LogP contribution in [0.4, 0.5) is 35.5 Å². The van der Waals surface area contributed by atoms with Gasteiger partial charge in [-0.1, -0.05) is 40.7 Å². The summed E-state index contributed by atoms with van der Waals surface area (Å²) in [5, 5.41) is 4.71. The molecule has 318 valence electrons. The van der Waals surface area contributed by atoms with Gasteiger partial charge < -0.3 is 25.0 Å². The van der Waals surface area contributed by atoms with Crippen LogP contribution < -0.4 is 20.1 Å². The summed E-state index contributed by atoms with van der Waals surface area (Å²) >= 11 is 0. The summed E-state index contributed by atoms with van der Waals surface area (Å²) in [6, 6.07) is -3.01. The summed E-state index contributed by atoms with van der Waals surface area (Å²) in [6.45, 7) is 8.51. The zero-order chi connectivity index (χ0) is 42.7. The maximum Gasteiger partial charge on any atom is 0.417 e. The highest BCUT2D eigenvalue weighted by Crippen LogP contribution is 2.50. The number of hydrogen-bond acceptors (Lipinski definition) is 9. The third kappa shape index (κ3) is 9.43. The van der Waals surface area contributed by atoms with E-state index in [4.69, 9.17) is 9.47 Å². The first-order valence-corrected chi connectivity index (χ1v) is 19.7. The molecule has 57 heavy (non-hydrogen) atoms. The van der Waals surface area contributed by atoms with Crippen molar-refractivity contribution in [2.75, 3.05) is 13.2 Å². The minimum absolute atomic E-state index is 0.00912. The zero-order valence-corrected chi connectivity index (χ0v) is 32.9. The number of sulfonamides is 1. The van der Waals surface area contributed by atoms with Gasteiger partial charge in [-0.05, 0) is 62.0 Å². The summed E-state index contributed by atoms with van der Waals surface area (Å²) in [7, 11) is -4.36. The van der Waals surface area contributed by atoms with Crippen LogP contribution in [0.2, 0.25) is 0 Å². The van der Waals surface area contributed by atoms with E-state index in [1.54, 1.807) is 39.3 Å². The summed E-state index contributed by atoms with van der Waals surface area (Å²) in [4.78, 5) is 59.5. The third-order valence-electron chi connectivity index (χ3n) is 10.8. The number of carbonyl (C=O) groups excluding carboxylic acids is 4. The van der Waals surface area contributed by atoms with Gasteiger partial charge in [0, 0.05) is 12.6 Å². The van der Waals surface area contributed by atoms with Gasteiger partial charge in [0.25, 0.3) is 11.8 Å². The number of halogens is 7. The molecule has 0 spiro atoms. The number of rotatable bonds is 6. The van der Waals surface area contributed by atoms with Crippen molar-refractivity contribution in [3.8, 4) is 5.88 Å². The number of carbonyl (C=O) groups is 4. The second-order valence-electron chi connectivity index (χ2n) is 17.3. The van der Waals surface area contributed by atoms with Crippen molar-refractivity contribution in [1.82, 2.24) is 25.2 Å². The second-order valence-corrected chi connectivity index (χ2v) is 19.5. The molecule has 3 heterocycles. The van der Waals surface area contributed by atoms with E-state index in [1.165, 1.54) is 6.92 Å². The summed E-state index contributed by atoms with van der Waals surface area (Å²) < 4.78 is 138. The number of alkyl halides is 7. The fraction of sp³-hybridized carbons (Fsp3) is 0.694. The topological polar surface area (TPSA) is 173 Å². The minimum Gasteiger partial charge on any atom is -0.472 e. The molecule has 0 aromatic carbocycles. The maximum atomic E-state index is 15.8. The number of aromatic nitrogens is 1. The monoisotopic (exact) mass is 841 g/mol. The van der Waals surface area contributed by atoms with E-state index in [0.717, 1.165) is 11.0 Å². The molecule has 2 aliphatic heterocycles. The van der Waals surface area contributed by atoms with E-state index in [9.17, 15) is 49.5 Å². The summed E-state index contributed by atoms with van der Waals surface area (Å²) in [5.74, 6) is -10.5. The van der Waals surface area contributed by atoms with Gasteiger partial charge in [0.05, 0.1) is 34.9 Å². The van der Waals surface area contributed by atoms with Gasteiger partial charge in [0.15, 0.2) is 0 Å². The number of hydrogen-bond donors (Lipinski definition) is 3. The van der Waals surface area contributed by atoms with E-state index >= 15 is 8.78 Å². The lowest BCUT2D eigenvalue weighted by molar-refractivity contribution is -0.143. The predicted octanol–water partition coefficient (Wildman–Crippen LogP) is 5.20. The molecule has 1 aromatic heterocycles. The van der Waals surface area contributed by atoms with Gasteiger partial charge in [-0.3, -0.25) is 19.1 Å². The van der Waals surface area contributed by atoms with E-state index in [0.29, 0.717) is 6.08 Å². The fourth-order valence-electron chi connectivity index (χ4n) is 6.71. The van der Waals surface area contributed by atoms with Gasteiger partial charge in [0.2, 0.25) is 34.1 Å². The quantitative estimate of drug-likeness (QED) is 0.257. The van der Waals surface area contributed by atoms with Crippen molar-refractivity contribution in [1.29, 1.82) is 0 Å². The molecular formula is C36H46F7N5O8S. The van der Waals surface area contributed by atoms with Crippen molar-refractivity contribution in [3.05, 3.63) is 35.5 Å². The van der Waals surface area contributed by atoms with E-state index in [1.807, 2.05) is 0 Å². The number of allylic oxidation sites excluding steroid dienone is 2. The van der Waals surface area contributed by atoms with Crippen LogP contribution >= 0.6 is 0 Å². The second kappa shape index (κ2) is 14.9. The number of nitrogens with zero attached hydrogens (tertiary/aromatic N) is 2. The van der Waals surface area contributed by atoms with Gasteiger partial charge in [-0.25, -0.2) is 27.0 Å². The Kier molecular flexibility index (Phi) is 11.5. The molecule has 2 unspecified atom stereocenters. The van der Waals surface area contributed by atoms with E-state index < -0.39 is 134 Å². The number of nitrogens with one attached hydrogen (secondary N) is 3. The molecule has 5 atom stereocenters. The van der Waals surface area contributed by atoms with Crippen LogP contribution in [0.1, 0.15) is 91.2 Å². The highest BCUT2D eigenvalue weighted by atomic mass is 32.2. The van der Waals surface area contributed by atoms with Crippen molar-refractivity contribution in [3.63, 3.8) is 0 Å². The number of amides is 4. The molecule has 4 amide bonds. The van der Waals surface area contributed by atoms with Crippen LogP contribution in [0.25, 0.3) is 0 Å².